The summed E-state index contributed by atoms with van der Waals surface area (Å²) in [5.74, 6) is -0.705. The number of hydrogen-bond acceptors (Lipinski definition) is 3. The van der Waals surface area contributed by atoms with E-state index in [2.05, 4.69) is 26.8 Å². The minimum Gasteiger partial charge on any atom is -0.292 e. The summed E-state index contributed by atoms with van der Waals surface area (Å²) in [6, 6.07) is 2.07. The van der Waals surface area contributed by atoms with Crippen molar-refractivity contribution in [3.63, 3.8) is 0 Å². The van der Waals surface area contributed by atoms with Crippen LogP contribution in [0.15, 0.2) is 5.38 Å². The van der Waals surface area contributed by atoms with Gasteiger partial charge in [0.2, 0.25) is 0 Å². The Morgan fingerprint density at radius 3 is 2.56 bits per heavy atom. The van der Waals surface area contributed by atoms with Crippen LogP contribution in [0.25, 0.3) is 0 Å². The second-order valence-electron chi connectivity index (χ2n) is 5.38. The Bertz CT molecular complexity index is 479. The molecule has 1 aromatic heterocycles. The quantitative estimate of drug-likeness (QED) is 0.743. The van der Waals surface area contributed by atoms with Crippen LogP contribution in [0, 0.1) is 17.2 Å². The topological polar surface area (TPSA) is 40.9 Å². The fraction of sp³-hybridized carbons (Fsp3) is 0.571. The lowest BCUT2D eigenvalue weighted by Gasteiger charge is -2.17. The highest BCUT2D eigenvalue weighted by atomic mass is 35.5. The van der Waals surface area contributed by atoms with E-state index in [9.17, 15) is 4.79 Å². The minimum absolute atomic E-state index is 0.0843. The first-order chi connectivity index (χ1) is 8.32. The van der Waals surface area contributed by atoms with E-state index in [1.807, 2.05) is 12.3 Å². The van der Waals surface area contributed by atoms with Crippen molar-refractivity contribution in [1.82, 2.24) is 0 Å². The minimum atomic E-state index is -0.570. The van der Waals surface area contributed by atoms with Gasteiger partial charge in [0, 0.05) is 0 Å². The SMILES string of the molecule is CCCC(C#N)C(=O)c1scc(C(C)(C)C)c1Cl. The summed E-state index contributed by atoms with van der Waals surface area (Å²) >= 11 is 7.63. The predicted octanol–water partition coefficient (Wildman–Crippen LogP) is 4.82. The summed E-state index contributed by atoms with van der Waals surface area (Å²) in [7, 11) is 0. The Hall–Kier alpha value is -0.850. The molecule has 2 nitrogen and oxygen atoms in total. The maximum atomic E-state index is 12.2. The molecule has 0 radical (unpaired) electrons. The van der Waals surface area contributed by atoms with Gasteiger partial charge in [-0.2, -0.15) is 5.26 Å². The highest BCUT2D eigenvalue weighted by Gasteiger charge is 2.27. The second kappa shape index (κ2) is 5.86. The molecule has 1 heterocycles. The summed E-state index contributed by atoms with van der Waals surface area (Å²) in [5.41, 5.74) is 0.893. The van der Waals surface area contributed by atoms with Gasteiger partial charge in [-0.3, -0.25) is 4.79 Å². The average Bonchev–Trinajstić information content (AvgIpc) is 2.66. The zero-order chi connectivity index (χ0) is 13.9. The van der Waals surface area contributed by atoms with E-state index < -0.39 is 5.92 Å². The number of nitrogens with zero attached hydrogens (tertiary/aromatic N) is 1. The Balaban J connectivity index is 3.09. The summed E-state index contributed by atoms with van der Waals surface area (Å²) in [6.07, 6.45) is 1.41. The van der Waals surface area contributed by atoms with Gasteiger partial charge in [-0.05, 0) is 22.8 Å². The van der Waals surface area contributed by atoms with Gasteiger partial charge >= 0.3 is 0 Å². The zero-order valence-electron chi connectivity index (χ0n) is 11.2. The highest BCUT2D eigenvalue weighted by Crippen LogP contribution is 2.37. The first kappa shape index (κ1) is 15.2. The number of Topliss-reactive ketones (excluding diaryl/α,β-unsaturated/α-hetero) is 1. The van der Waals surface area contributed by atoms with Gasteiger partial charge in [-0.15, -0.1) is 11.3 Å². The number of carbonyl (C=O) groups is 1. The fourth-order valence-corrected chi connectivity index (χ4v) is 3.53. The first-order valence-corrected chi connectivity index (χ1v) is 7.30. The van der Waals surface area contributed by atoms with Crippen molar-refractivity contribution in [3.05, 3.63) is 20.8 Å². The molecule has 0 saturated carbocycles. The molecule has 1 atom stereocenters. The second-order valence-corrected chi connectivity index (χ2v) is 6.63. The molecule has 1 aromatic rings. The monoisotopic (exact) mass is 283 g/mol. The molecule has 0 spiro atoms. The van der Waals surface area contributed by atoms with Crippen molar-refractivity contribution in [1.29, 1.82) is 5.26 Å². The molecule has 18 heavy (non-hydrogen) atoms. The summed E-state index contributed by atoms with van der Waals surface area (Å²) in [6.45, 7) is 8.14. The molecule has 0 N–H and O–H groups in total. The smallest absolute Gasteiger partial charge is 0.191 e. The lowest BCUT2D eigenvalue weighted by molar-refractivity contribution is 0.0948. The van der Waals surface area contributed by atoms with Crippen molar-refractivity contribution in [2.24, 2.45) is 5.92 Å². The van der Waals surface area contributed by atoms with Crippen LogP contribution in [0.5, 0.6) is 0 Å². The molecule has 0 fully saturated rings. The van der Waals surface area contributed by atoms with Crippen LogP contribution in [0.1, 0.15) is 55.8 Å². The lowest BCUT2D eigenvalue weighted by Crippen LogP contribution is -2.14. The van der Waals surface area contributed by atoms with E-state index in [1.54, 1.807) is 0 Å². The molecule has 0 saturated heterocycles. The molecule has 1 rings (SSSR count). The van der Waals surface area contributed by atoms with Crippen molar-refractivity contribution < 1.29 is 4.79 Å². The molecule has 0 aliphatic rings. The number of halogens is 1. The van der Waals surface area contributed by atoms with E-state index in [0.29, 0.717) is 16.3 Å². The van der Waals surface area contributed by atoms with E-state index in [1.165, 1.54) is 11.3 Å². The van der Waals surface area contributed by atoms with Gasteiger partial charge in [0.1, 0.15) is 5.92 Å². The van der Waals surface area contributed by atoms with Gasteiger partial charge < -0.3 is 0 Å². The Kier molecular flexibility index (Phi) is 4.95. The molecule has 0 amide bonds. The number of thiophene rings is 1. The molecular weight excluding hydrogens is 266 g/mol. The molecular formula is C14H18ClNOS. The van der Waals surface area contributed by atoms with Gasteiger partial charge in [-0.25, -0.2) is 0 Å². The standard InChI is InChI=1S/C14H18ClNOS/c1-5-6-9(7-16)12(17)13-11(15)10(8-18-13)14(2,3)4/h8-9H,5-6H2,1-4H3. The van der Waals surface area contributed by atoms with Gasteiger partial charge in [0.15, 0.2) is 5.78 Å². The number of nitriles is 1. The van der Waals surface area contributed by atoms with Crippen LogP contribution >= 0.6 is 22.9 Å². The van der Waals surface area contributed by atoms with E-state index in [-0.39, 0.29) is 11.2 Å². The number of hydrogen-bond donors (Lipinski definition) is 0. The van der Waals surface area contributed by atoms with Crippen LogP contribution in [-0.4, -0.2) is 5.78 Å². The summed E-state index contributed by atoms with van der Waals surface area (Å²) in [5, 5.41) is 11.5. The molecule has 0 bridgehead atoms. The number of ketones is 1. The van der Waals surface area contributed by atoms with E-state index in [0.717, 1.165) is 12.0 Å². The number of rotatable bonds is 4. The zero-order valence-corrected chi connectivity index (χ0v) is 12.8. The van der Waals surface area contributed by atoms with Gasteiger partial charge in [0.05, 0.1) is 16.0 Å². The van der Waals surface area contributed by atoms with Crippen molar-refractivity contribution in [2.45, 2.75) is 46.0 Å². The van der Waals surface area contributed by atoms with Crippen LogP contribution < -0.4 is 0 Å². The van der Waals surface area contributed by atoms with E-state index in [4.69, 9.17) is 16.9 Å². The molecule has 4 heteroatoms. The highest BCUT2D eigenvalue weighted by molar-refractivity contribution is 7.13. The summed E-state index contributed by atoms with van der Waals surface area (Å²) < 4.78 is 0. The Morgan fingerprint density at radius 2 is 2.17 bits per heavy atom. The van der Waals surface area contributed by atoms with E-state index >= 15 is 0 Å². The Morgan fingerprint density at radius 1 is 1.56 bits per heavy atom. The van der Waals surface area contributed by atoms with Crippen molar-refractivity contribution in [2.75, 3.05) is 0 Å². The predicted molar refractivity (Wildman–Crippen MR) is 76.4 cm³/mol. The van der Waals surface area contributed by atoms with Gasteiger partial charge in [-0.1, -0.05) is 45.7 Å². The van der Waals surface area contributed by atoms with Crippen molar-refractivity contribution in [3.8, 4) is 6.07 Å². The molecule has 0 aromatic carbocycles. The van der Waals surface area contributed by atoms with Crippen LogP contribution in [0.4, 0.5) is 0 Å². The largest absolute Gasteiger partial charge is 0.292 e. The average molecular weight is 284 g/mol. The third kappa shape index (κ3) is 3.13. The van der Waals surface area contributed by atoms with Gasteiger partial charge in [0.25, 0.3) is 0 Å². The molecule has 98 valence electrons. The Labute approximate surface area is 118 Å². The maximum absolute atomic E-state index is 12.2. The third-order valence-corrected chi connectivity index (χ3v) is 4.31. The molecule has 1 unspecified atom stereocenters. The molecule has 0 aliphatic carbocycles. The van der Waals surface area contributed by atoms with Crippen molar-refractivity contribution >= 4 is 28.7 Å². The van der Waals surface area contributed by atoms with Crippen LogP contribution in [0.3, 0.4) is 0 Å². The fourth-order valence-electron chi connectivity index (χ4n) is 1.72. The normalized spacial score (nSPS) is 13.1. The number of carbonyl (C=O) groups excluding carboxylic acids is 1. The lowest BCUT2D eigenvalue weighted by atomic mass is 9.88. The maximum Gasteiger partial charge on any atom is 0.191 e. The summed E-state index contributed by atoms with van der Waals surface area (Å²) in [4.78, 5) is 12.8. The molecule has 0 aliphatic heterocycles. The van der Waals surface area contributed by atoms with Crippen LogP contribution in [-0.2, 0) is 5.41 Å². The van der Waals surface area contributed by atoms with Crippen LogP contribution in [0.2, 0.25) is 5.02 Å². The third-order valence-electron chi connectivity index (χ3n) is 2.81. The first-order valence-electron chi connectivity index (χ1n) is 6.04.